The van der Waals surface area contributed by atoms with Crippen molar-refractivity contribution in [3.8, 4) is 0 Å². The topological polar surface area (TPSA) is 36.2 Å². The fourth-order valence-electron chi connectivity index (χ4n) is 0.386. The molecule has 2 heteroatoms. The SMILES string of the molecule is C=CC(C)CCN=N. The Labute approximate surface area is 50.1 Å². The maximum atomic E-state index is 6.46. The molecular weight excluding hydrogens is 100 g/mol. The molecule has 0 aliphatic rings. The summed E-state index contributed by atoms with van der Waals surface area (Å²) in [6.45, 7) is 6.31. The summed E-state index contributed by atoms with van der Waals surface area (Å²) in [5.74, 6) is 0.504. The molecule has 0 heterocycles. The van der Waals surface area contributed by atoms with Crippen LogP contribution in [0.4, 0.5) is 0 Å². The fourth-order valence-corrected chi connectivity index (χ4v) is 0.386. The predicted molar refractivity (Wildman–Crippen MR) is 34.0 cm³/mol. The average Bonchev–Trinajstić information content (AvgIpc) is 1.83. The average molecular weight is 112 g/mol. The first kappa shape index (κ1) is 7.34. The van der Waals surface area contributed by atoms with Crippen molar-refractivity contribution < 1.29 is 0 Å². The van der Waals surface area contributed by atoms with E-state index < -0.39 is 0 Å². The molecule has 0 bridgehead atoms. The van der Waals surface area contributed by atoms with Crippen molar-refractivity contribution in [2.24, 2.45) is 11.0 Å². The van der Waals surface area contributed by atoms with Crippen molar-refractivity contribution in [1.29, 1.82) is 5.53 Å². The van der Waals surface area contributed by atoms with Crippen LogP contribution in [-0.4, -0.2) is 6.54 Å². The van der Waals surface area contributed by atoms with E-state index in [2.05, 4.69) is 18.6 Å². The van der Waals surface area contributed by atoms with Crippen LogP contribution in [0.15, 0.2) is 17.8 Å². The maximum absolute atomic E-state index is 6.46. The van der Waals surface area contributed by atoms with Crippen LogP contribution in [0.3, 0.4) is 0 Å². The molecule has 0 radical (unpaired) electrons. The van der Waals surface area contributed by atoms with Gasteiger partial charge in [0.15, 0.2) is 0 Å². The highest BCUT2D eigenvalue weighted by Gasteiger charge is 1.91. The summed E-state index contributed by atoms with van der Waals surface area (Å²) in [4.78, 5) is 0. The van der Waals surface area contributed by atoms with Crippen LogP contribution in [0, 0.1) is 11.4 Å². The van der Waals surface area contributed by atoms with E-state index in [-0.39, 0.29) is 0 Å². The molecule has 0 spiro atoms. The van der Waals surface area contributed by atoms with E-state index in [1.54, 1.807) is 0 Å². The Kier molecular flexibility index (Phi) is 4.13. The van der Waals surface area contributed by atoms with Gasteiger partial charge >= 0.3 is 0 Å². The Bertz CT molecular complexity index is 78.6. The van der Waals surface area contributed by atoms with Gasteiger partial charge in [0.2, 0.25) is 0 Å². The summed E-state index contributed by atoms with van der Waals surface area (Å²) in [6, 6.07) is 0. The van der Waals surface area contributed by atoms with Crippen molar-refractivity contribution in [2.75, 3.05) is 6.54 Å². The molecule has 1 unspecified atom stereocenters. The first-order valence-electron chi connectivity index (χ1n) is 2.77. The zero-order chi connectivity index (χ0) is 6.41. The summed E-state index contributed by atoms with van der Waals surface area (Å²) >= 11 is 0. The second kappa shape index (κ2) is 4.50. The Hall–Kier alpha value is -0.660. The molecule has 0 saturated carbocycles. The molecule has 0 aliphatic carbocycles. The van der Waals surface area contributed by atoms with E-state index in [0.717, 1.165) is 6.42 Å². The Morgan fingerprint density at radius 1 is 1.88 bits per heavy atom. The van der Waals surface area contributed by atoms with Gasteiger partial charge in [0.1, 0.15) is 0 Å². The minimum Gasteiger partial charge on any atom is -0.210 e. The van der Waals surface area contributed by atoms with Crippen molar-refractivity contribution in [3.63, 3.8) is 0 Å². The van der Waals surface area contributed by atoms with Crippen LogP contribution in [0.25, 0.3) is 0 Å². The highest BCUT2D eigenvalue weighted by Crippen LogP contribution is 2.00. The van der Waals surface area contributed by atoms with Gasteiger partial charge in [-0.1, -0.05) is 13.0 Å². The van der Waals surface area contributed by atoms with Crippen LogP contribution >= 0.6 is 0 Å². The third-order valence-corrected chi connectivity index (χ3v) is 1.10. The normalized spacial score (nSPS) is 12.6. The molecule has 0 amide bonds. The van der Waals surface area contributed by atoms with Crippen LogP contribution in [0.5, 0.6) is 0 Å². The van der Waals surface area contributed by atoms with Gasteiger partial charge in [0, 0.05) is 0 Å². The molecule has 46 valence electrons. The van der Waals surface area contributed by atoms with Crippen molar-refractivity contribution in [2.45, 2.75) is 13.3 Å². The van der Waals surface area contributed by atoms with E-state index >= 15 is 0 Å². The van der Waals surface area contributed by atoms with E-state index in [0.29, 0.717) is 12.5 Å². The molecule has 1 N–H and O–H groups in total. The lowest BCUT2D eigenvalue weighted by molar-refractivity contribution is 0.642. The number of nitrogens with one attached hydrogen (secondary N) is 1. The third-order valence-electron chi connectivity index (χ3n) is 1.10. The van der Waals surface area contributed by atoms with Gasteiger partial charge in [0.05, 0.1) is 6.54 Å². The standard InChI is InChI=1S/C6H12N2/c1-3-6(2)4-5-8-7/h3,6-7H,1,4-5H2,2H3. The number of rotatable bonds is 4. The van der Waals surface area contributed by atoms with Crippen LogP contribution in [-0.2, 0) is 0 Å². The fraction of sp³-hybridized carbons (Fsp3) is 0.667. The predicted octanol–water partition coefficient (Wildman–Crippen LogP) is 2.23. The monoisotopic (exact) mass is 112 g/mol. The van der Waals surface area contributed by atoms with Gasteiger partial charge in [-0.05, 0) is 12.3 Å². The van der Waals surface area contributed by atoms with Gasteiger partial charge in [-0.15, -0.1) is 6.58 Å². The maximum Gasteiger partial charge on any atom is 0.0601 e. The number of allylic oxidation sites excluding steroid dienone is 1. The zero-order valence-electron chi connectivity index (χ0n) is 5.22. The van der Waals surface area contributed by atoms with Crippen molar-refractivity contribution in [1.82, 2.24) is 0 Å². The first-order chi connectivity index (χ1) is 3.81. The van der Waals surface area contributed by atoms with Gasteiger partial charge < -0.3 is 0 Å². The van der Waals surface area contributed by atoms with E-state index in [9.17, 15) is 0 Å². The first-order valence-corrected chi connectivity index (χ1v) is 2.77. The minimum atomic E-state index is 0.504. The number of hydrogen-bond acceptors (Lipinski definition) is 2. The molecule has 0 aromatic heterocycles. The van der Waals surface area contributed by atoms with Gasteiger partial charge in [-0.3, -0.25) is 0 Å². The van der Waals surface area contributed by atoms with Crippen LogP contribution < -0.4 is 0 Å². The quantitative estimate of drug-likeness (QED) is 0.427. The summed E-state index contributed by atoms with van der Waals surface area (Å²) in [7, 11) is 0. The number of hydrogen-bond donors (Lipinski definition) is 1. The van der Waals surface area contributed by atoms with E-state index in [1.807, 2.05) is 6.08 Å². The Balaban J connectivity index is 3.09. The van der Waals surface area contributed by atoms with Gasteiger partial charge in [0.25, 0.3) is 0 Å². The second-order valence-corrected chi connectivity index (χ2v) is 1.88. The molecule has 2 nitrogen and oxygen atoms in total. The second-order valence-electron chi connectivity index (χ2n) is 1.88. The molecule has 0 rings (SSSR count). The summed E-state index contributed by atoms with van der Waals surface area (Å²) in [5.41, 5.74) is 6.46. The molecule has 0 fully saturated rings. The highest BCUT2D eigenvalue weighted by molar-refractivity contribution is 4.74. The zero-order valence-corrected chi connectivity index (χ0v) is 5.22. The lowest BCUT2D eigenvalue weighted by Crippen LogP contribution is -1.90. The van der Waals surface area contributed by atoms with Gasteiger partial charge in [-0.25, -0.2) is 5.53 Å². The third kappa shape index (κ3) is 3.53. The van der Waals surface area contributed by atoms with E-state index in [4.69, 9.17) is 5.53 Å². The molecule has 0 aliphatic heterocycles. The van der Waals surface area contributed by atoms with Crippen LogP contribution in [0.2, 0.25) is 0 Å². The largest absolute Gasteiger partial charge is 0.210 e. The summed E-state index contributed by atoms with van der Waals surface area (Å²) in [5, 5.41) is 3.23. The van der Waals surface area contributed by atoms with Crippen LogP contribution in [0.1, 0.15) is 13.3 Å². The Morgan fingerprint density at radius 2 is 2.50 bits per heavy atom. The van der Waals surface area contributed by atoms with E-state index in [1.165, 1.54) is 0 Å². The lowest BCUT2D eigenvalue weighted by atomic mass is 10.1. The van der Waals surface area contributed by atoms with Crippen molar-refractivity contribution >= 4 is 0 Å². The Morgan fingerprint density at radius 3 is 2.88 bits per heavy atom. The van der Waals surface area contributed by atoms with Gasteiger partial charge in [-0.2, -0.15) is 5.11 Å². The van der Waals surface area contributed by atoms with Crippen molar-refractivity contribution in [3.05, 3.63) is 12.7 Å². The summed E-state index contributed by atoms with van der Waals surface area (Å²) < 4.78 is 0. The minimum absolute atomic E-state index is 0.504. The smallest absolute Gasteiger partial charge is 0.0601 e. The molecule has 0 aromatic rings. The molecule has 0 aromatic carbocycles. The molecular formula is C6H12N2. The highest BCUT2D eigenvalue weighted by atomic mass is 14.9. The molecule has 0 saturated heterocycles. The summed E-state index contributed by atoms with van der Waals surface area (Å²) in [6.07, 6.45) is 2.83. The molecule has 8 heavy (non-hydrogen) atoms. The number of nitrogens with zero attached hydrogens (tertiary/aromatic N) is 1. The lowest BCUT2D eigenvalue weighted by Gasteiger charge is -1.98. The molecule has 1 atom stereocenters.